The lowest BCUT2D eigenvalue weighted by Gasteiger charge is -2.29. The van der Waals surface area contributed by atoms with Crippen LogP contribution in [0.1, 0.15) is 25.0 Å². The number of amides is 1. The molecule has 0 spiro atoms. The maximum atomic E-state index is 12.2. The quantitative estimate of drug-likeness (QED) is 0.546. The van der Waals surface area contributed by atoms with Crippen molar-refractivity contribution in [2.75, 3.05) is 30.5 Å². The molecule has 4 nitrogen and oxygen atoms in total. The molecule has 0 aliphatic rings. The molecule has 5 heteroatoms. The predicted molar refractivity (Wildman–Crippen MR) is 86.0 cm³/mol. The summed E-state index contributed by atoms with van der Waals surface area (Å²) in [6, 6.07) is 5.93. The van der Waals surface area contributed by atoms with Gasteiger partial charge < -0.3 is 14.4 Å². The minimum absolute atomic E-state index is 0.0707. The van der Waals surface area contributed by atoms with Gasteiger partial charge in [0, 0.05) is 18.9 Å². The molecular formula is C16H24ClNO3. The summed E-state index contributed by atoms with van der Waals surface area (Å²) in [4.78, 5) is 13.9. The van der Waals surface area contributed by atoms with Crippen LogP contribution in [0.15, 0.2) is 18.2 Å². The first-order chi connectivity index (χ1) is 10.0. The molecule has 1 rings (SSSR count). The standard InChI is InChI=1S/C16H24ClNO3/c1-5-20-15(21-6-2)11-18(14(19)10-17)16-12(3)8-7-9-13(16)4/h7-9,15H,5-6,10-11H2,1-4H3. The lowest BCUT2D eigenvalue weighted by Crippen LogP contribution is -2.41. The fourth-order valence-corrected chi connectivity index (χ4v) is 2.44. The summed E-state index contributed by atoms with van der Waals surface area (Å²) >= 11 is 5.77. The van der Waals surface area contributed by atoms with Crippen molar-refractivity contribution in [1.29, 1.82) is 0 Å². The average molecular weight is 314 g/mol. The number of hydrogen-bond acceptors (Lipinski definition) is 3. The topological polar surface area (TPSA) is 38.8 Å². The van der Waals surface area contributed by atoms with Crippen molar-refractivity contribution in [3.05, 3.63) is 29.3 Å². The minimum atomic E-state index is -0.453. The first-order valence-electron chi connectivity index (χ1n) is 7.20. The van der Waals surface area contributed by atoms with Gasteiger partial charge in [-0.3, -0.25) is 4.79 Å². The summed E-state index contributed by atoms with van der Waals surface area (Å²) in [5.41, 5.74) is 2.94. The largest absolute Gasteiger partial charge is 0.351 e. The molecular weight excluding hydrogens is 290 g/mol. The van der Waals surface area contributed by atoms with Crippen molar-refractivity contribution in [3.8, 4) is 0 Å². The highest BCUT2D eigenvalue weighted by atomic mass is 35.5. The Morgan fingerprint density at radius 1 is 1.19 bits per heavy atom. The van der Waals surface area contributed by atoms with Gasteiger partial charge in [-0.05, 0) is 38.8 Å². The highest BCUT2D eigenvalue weighted by Gasteiger charge is 2.23. The molecule has 0 saturated carbocycles. The van der Waals surface area contributed by atoms with Gasteiger partial charge in [0.2, 0.25) is 5.91 Å². The van der Waals surface area contributed by atoms with Crippen LogP contribution in [0, 0.1) is 13.8 Å². The van der Waals surface area contributed by atoms with E-state index in [2.05, 4.69) is 0 Å². The molecule has 0 aromatic heterocycles. The molecule has 0 radical (unpaired) electrons. The van der Waals surface area contributed by atoms with Gasteiger partial charge in [0.25, 0.3) is 0 Å². The van der Waals surface area contributed by atoms with Gasteiger partial charge in [-0.1, -0.05) is 18.2 Å². The molecule has 1 aromatic carbocycles. The summed E-state index contributed by atoms with van der Waals surface area (Å²) in [6.07, 6.45) is -0.453. The third-order valence-corrected chi connectivity index (χ3v) is 3.39. The van der Waals surface area contributed by atoms with Crippen LogP contribution < -0.4 is 4.90 Å². The molecule has 0 bridgehead atoms. The van der Waals surface area contributed by atoms with Crippen LogP contribution in [0.25, 0.3) is 0 Å². The zero-order valence-electron chi connectivity index (χ0n) is 13.2. The van der Waals surface area contributed by atoms with Crippen LogP contribution in [0.2, 0.25) is 0 Å². The molecule has 0 fully saturated rings. The van der Waals surface area contributed by atoms with Crippen molar-refractivity contribution in [2.24, 2.45) is 0 Å². The summed E-state index contributed by atoms with van der Waals surface area (Å²) in [5, 5.41) is 0. The zero-order valence-corrected chi connectivity index (χ0v) is 13.9. The van der Waals surface area contributed by atoms with E-state index in [4.69, 9.17) is 21.1 Å². The molecule has 0 saturated heterocycles. The van der Waals surface area contributed by atoms with E-state index >= 15 is 0 Å². The van der Waals surface area contributed by atoms with E-state index in [-0.39, 0.29) is 11.8 Å². The number of anilines is 1. The minimum Gasteiger partial charge on any atom is -0.351 e. The highest BCUT2D eigenvalue weighted by Crippen LogP contribution is 2.25. The Bertz CT molecular complexity index is 439. The molecule has 1 aromatic rings. The molecule has 0 atom stereocenters. The van der Waals surface area contributed by atoms with Crippen molar-refractivity contribution < 1.29 is 14.3 Å². The second kappa shape index (κ2) is 9.03. The Morgan fingerprint density at radius 3 is 2.14 bits per heavy atom. The van der Waals surface area contributed by atoms with Gasteiger partial charge in [0.15, 0.2) is 6.29 Å². The normalized spacial score (nSPS) is 11.0. The van der Waals surface area contributed by atoms with E-state index < -0.39 is 6.29 Å². The Balaban J connectivity index is 3.08. The van der Waals surface area contributed by atoms with Crippen LogP contribution in [-0.2, 0) is 14.3 Å². The number of aryl methyl sites for hydroxylation is 2. The third-order valence-electron chi connectivity index (χ3n) is 3.16. The maximum Gasteiger partial charge on any atom is 0.242 e. The second-order valence-electron chi connectivity index (χ2n) is 4.72. The number of ether oxygens (including phenoxy) is 2. The Labute approximate surface area is 132 Å². The van der Waals surface area contributed by atoms with E-state index in [9.17, 15) is 4.79 Å². The Kier molecular flexibility index (Phi) is 7.72. The first-order valence-corrected chi connectivity index (χ1v) is 7.74. The molecule has 0 heterocycles. The summed E-state index contributed by atoms with van der Waals surface area (Å²) in [5.74, 6) is -0.225. The van der Waals surface area contributed by atoms with Gasteiger partial charge in [0.1, 0.15) is 5.88 Å². The van der Waals surface area contributed by atoms with Gasteiger partial charge in [-0.2, -0.15) is 0 Å². The third kappa shape index (κ3) is 4.99. The monoisotopic (exact) mass is 313 g/mol. The van der Waals surface area contributed by atoms with Gasteiger partial charge >= 0.3 is 0 Å². The first kappa shape index (κ1) is 18.0. The molecule has 118 valence electrons. The van der Waals surface area contributed by atoms with Crippen LogP contribution >= 0.6 is 11.6 Å². The summed E-state index contributed by atoms with van der Waals surface area (Å²) < 4.78 is 11.1. The van der Waals surface area contributed by atoms with E-state index in [1.807, 2.05) is 45.9 Å². The lowest BCUT2D eigenvalue weighted by molar-refractivity contribution is -0.135. The molecule has 0 aliphatic carbocycles. The van der Waals surface area contributed by atoms with Crippen LogP contribution in [0.4, 0.5) is 5.69 Å². The number of halogens is 1. The zero-order chi connectivity index (χ0) is 15.8. The number of alkyl halides is 1. The number of para-hydroxylation sites is 1. The molecule has 1 amide bonds. The second-order valence-corrected chi connectivity index (χ2v) is 4.99. The van der Waals surface area contributed by atoms with E-state index in [1.54, 1.807) is 4.90 Å². The van der Waals surface area contributed by atoms with Gasteiger partial charge in [-0.25, -0.2) is 0 Å². The lowest BCUT2D eigenvalue weighted by atomic mass is 10.1. The Morgan fingerprint density at radius 2 is 1.71 bits per heavy atom. The smallest absolute Gasteiger partial charge is 0.242 e. The maximum absolute atomic E-state index is 12.2. The number of nitrogens with zero attached hydrogens (tertiary/aromatic N) is 1. The van der Waals surface area contributed by atoms with E-state index in [0.29, 0.717) is 19.8 Å². The van der Waals surface area contributed by atoms with Crippen LogP contribution in [-0.4, -0.2) is 37.8 Å². The van der Waals surface area contributed by atoms with Crippen molar-refractivity contribution >= 4 is 23.2 Å². The van der Waals surface area contributed by atoms with Gasteiger partial charge in [-0.15, -0.1) is 11.6 Å². The van der Waals surface area contributed by atoms with Gasteiger partial charge in [0.05, 0.1) is 6.54 Å². The van der Waals surface area contributed by atoms with E-state index in [0.717, 1.165) is 16.8 Å². The fraction of sp³-hybridized carbons (Fsp3) is 0.562. The average Bonchev–Trinajstić information content (AvgIpc) is 2.45. The van der Waals surface area contributed by atoms with E-state index in [1.165, 1.54) is 0 Å². The number of benzene rings is 1. The number of carbonyl (C=O) groups is 1. The molecule has 21 heavy (non-hydrogen) atoms. The van der Waals surface area contributed by atoms with Crippen LogP contribution in [0.5, 0.6) is 0 Å². The fourth-order valence-electron chi connectivity index (χ4n) is 2.30. The summed E-state index contributed by atoms with van der Waals surface area (Å²) in [6.45, 7) is 9.15. The number of hydrogen-bond donors (Lipinski definition) is 0. The number of rotatable bonds is 8. The number of carbonyl (C=O) groups excluding carboxylic acids is 1. The Hall–Kier alpha value is -1.10. The van der Waals surface area contributed by atoms with Crippen molar-refractivity contribution in [3.63, 3.8) is 0 Å². The predicted octanol–water partition coefficient (Wildman–Crippen LogP) is 3.27. The van der Waals surface area contributed by atoms with Crippen LogP contribution in [0.3, 0.4) is 0 Å². The summed E-state index contributed by atoms with van der Waals surface area (Å²) in [7, 11) is 0. The molecule has 0 aliphatic heterocycles. The van der Waals surface area contributed by atoms with Crippen molar-refractivity contribution in [1.82, 2.24) is 0 Å². The van der Waals surface area contributed by atoms with Crippen molar-refractivity contribution in [2.45, 2.75) is 34.0 Å². The SMILES string of the molecule is CCOC(CN(C(=O)CCl)c1c(C)cccc1C)OCC. The highest BCUT2D eigenvalue weighted by molar-refractivity contribution is 6.29. The molecule has 0 unspecified atom stereocenters. The molecule has 0 N–H and O–H groups in total.